The summed E-state index contributed by atoms with van der Waals surface area (Å²) in [7, 11) is 1.34. The highest BCUT2D eigenvalue weighted by Gasteiger charge is 2.37. The third-order valence-electron chi connectivity index (χ3n) is 3.47. The van der Waals surface area contributed by atoms with E-state index in [1.54, 1.807) is 11.1 Å². The molecule has 0 saturated carbocycles. The number of carbonyl (C=O) groups excluding carboxylic acids is 2. The Morgan fingerprint density at radius 1 is 1.47 bits per heavy atom. The number of methoxy groups -OCH3 is 1. The highest BCUT2D eigenvalue weighted by Crippen LogP contribution is 2.30. The Hall–Kier alpha value is -1.43. The Bertz CT molecular complexity index is 545. The molecule has 1 aromatic heterocycles. The van der Waals surface area contributed by atoms with Gasteiger partial charge < -0.3 is 4.74 Å². The zero-order valence-electron chi connectivity index (χ0n) is 11.1. The monoisotopic (exact) mass is 326 g/mol. The minimum atomic E-state index is -0.400. The van der Waals surface area contributed by atoms with Crippen LogP contribution in [-0.4, -0.2) is 30.5 Å². The van der Waals surface area contributed by atoms with Crippen molar-refractivity contribution in [3.8, 4) is 0 Å². The first-order valence-corrected chi connectivity index (χ1v) is 6.75. The minimum Gasteiger partial charge on any atom is -0.469 e. The minimum absolute atomic E-state index is 0.0901. The van der Waals surface area contributed by atoms with Gasteiger partial charge in [0.15, 0.2) is 0 Å². The molecule has 0 bridgehead atoms. The van der Waals surface area contributed by atoms with E-state index < -0.39 is 5.92 Å². The number of anilines is 1. The van der Waals surface area contributed by atoms with Gasteiger partial charge in [0.1, 0.15) is 5.82 Å². The highest BCUT2D eigenvalue weighted by atomic mass is 79.9. The van der Waals surface area contributed by atoms with Crippen molar-refractivity contribution in [1.29, 1.82) is 0 Å². The van der Waals surface area contributed by atoms with Crippen LogP contribution in [0, 0.1) is 19.8 Å². The fourth-order valence-electron chi connectivity index (χ4n) is 2.17. The summed E-state index contributed by atoms with van der Waals surface area (Å²) in [5.74, 6) is -0.213. The Morgan fingerprint density at radius 2 is 2.16 bits per heavy atom. The smallest absolute Gasteiger partial charge is 0.311 e. The van der Waals surface area contributed by atoms with Crippen LogP contribution in [0.2, 0.25) is 0 Å². The predicted molar refractivity (Wildman–Crippen MR) is 73.9 cm³/mol. The molecule has 19 heavy (non-hydrogen) atoms. The molecule has 1 aromatic rings. The first-order chi connectivity index (χ1) is 8.95. The predicted octanol–water partition coefficient (Wildman–Crippen LogP) is 1.99. The summed E-state index contributed by atoms with van der Waals surface area (Å²) in [6.45, 7) is 4.21. The fraction of sp³-hybridized carbons (Fsp3) is 0.462. The lowest BCUT2D eigenvalue weighted by atomic mass is 10.1. The molecule has 1 amide bonds. The van der Waals surface area contributed by atoms with Crippen molar-refractivity contribution in [3.05, 3.63) is 21.8 Å². The zero-order chi connectivity index (χ0) is 14.2. The number of esters is 1. The quantitative estimate of drug-likeness (QED) is 0.780. The average molecular weight is 327 g/mol. The van der Waals surface area contributed by atoms with Crippen LogP contribution in [0.5, 0.6) is 0 Å². The first-order valence-electron chi connectivity index (χ1n) is 5.95. The number of amides is 1. The van der Waals surface area contributed by atoms with E-state index >= 15 is 0 Å². The molecular formula is C13H15BrN2O3. The van der Waals surface area contributed by atoms with E-state index in [1.165, 1.54) is 7.11 Å². The van der Waals surface area contributed by atoms with E-state index in [2.05, 4.69) is 20.9 Å². The summed E-state index contributed by atoms with van der Waals surface area (Å²) in [5, 5.41) is 0. The number of ether oxygens (including phenoxy) is 1. The van der Waals surface area contributed by atoms with Crippen LogP contribution in [0.1, 0.15) is 17.5 Å². The van der Waals surface area contributed by atoms with E-state index in [-0.39, 0.29) is 18.3 Å². The van der Waals surface area contributed by atoms with Gasteiger partial charge in [-0.15, -0.1) is 0 Å². The molecule has 0 N–H and O–H groups in total. The maximum atomic E-state index is 12.0. The molecule has 102 valence electrons. The van der Waals surface area contributed by atoms with Gasteiger partial charge in [0.25, 0.3) is 0 Å². The number of hydrogen-bond donors (Lipinski definition) is 0. The van der Waals surface area contributed by atoms with Gasteiger partial charge in [0.05, 0.1) is 13.0 Å². The second-order valence-corrected chi connectivity index (χ2v) is 5.46. The molecule has 0 spiro atoms. The SMILES string of the molecule is COC(=O)C1CC(=O)N(c2ncc(Br)c(C)c2C)C1. The normalized spacial score (nSPS) is 18.8. The lowest BCUT2D eigenvalue weighted by molar-refractivity contribution is -0.145. The lowest BCUT2D eigenvalue weighted by Gasteiger charge is -2.19. The zero-order valence-corrected chi connectivity index (χ0v) is 12.7. The van der Waals surface area contributed by atoms with Crippen molar-refractivity contribution in [1.82, 2.24) is 4.98 Å². The van der Waals surface area contributed by atoms with Crippen LogP contribution in [0.4, 0.5) is 5.82 Å². The van der Waals surface area contributed by atoms with Crippen molar-refractivity contribution < 1.29 is 14.3 Å². The van der Waals surface area contributed by atoms with Crippen LogP contribution in [0.25, 0.3) is 0 Å². The summed E-state index contributed by atoms with van der Waals surface area (Å²) < 4.78 is 5.60. The van der Waals surface area contributed by atoms with E-state index in [1.807, 2.05) is 13.8 Å². The van der Waals surface area contributed by atoms with Gasteiger partial charge in [0.2, 0.25) is 5.91 Å². The van der Waals surface area contributed by atoms with Gasteiger partial charge in [-0.1, -0.05) is 0 Å². The maximum absolute atomic E-state index is 12.0. The van der Waals surface area contributed by atoms with Crippen LogP contribution in [-0.2, 0) is 14.3 Å². The molecule has 2 rings (SSSR count). The molecule has 1 unspecified atom stereocenters. The van der Waals surface area contributed by atoms with Crippen molar-refractivity contribution in [2.75, 3.05) is 18.6 Å². The molecule has 0 aliphatic carbocycles. The molecule has 0 aromatic carbocycles. The molecule has 6 heteroatoms. The van der Waals surface area contributed by atoms with Gasteiger partial charge in [-0.25, -0.2) is 4.98 Å². The molecule has 1 aliphatic rings. The summed E-state index contributed by atoms with van der Waals surface area (Å²) in [6, 6.07) is 0. The molecule has 2 heterocycles. The van der Waals surface area contributed by atoms with Gasteiger partial charge >= 0.3 is 5.97 Å². The topological polar surface area (TPSA) is 59.5 Å². The van der Waals surface area contributed by atoms with Crippen molar-refractivity contribution in [2.24, 2.45) is 5.92 Å². The number of nitrogens with zero attached hydrogens (tertiary/aromatic N) is 2. The molecule has 1 saturated heterocycles. The number of halogens is 1. The maximum Gasteiger partial charge on any atom is 0.311 e. The van der Waals surface area contributed by atoms with Crippen molar-refractivity contribution in [3.63, 3.8) is 0 Å². The standard InChI is InChI=1S/C13H15BrN2O3/c1-7-8(2)12(15-5-10(7)14)16-6-9(4-11(16)17)13(18)19-3/h5,9H,4,6H2,1-3H3. The van der Waals surface area contributed by atoms with Gasteiger partial charge in [-0.05, 0) is 40.9 Å². The number of hydrogen-bond acceptors (Lipinski definition) is 4. The fourth-order valence-corrected chi connectivity index (χ4v) is 2.57. The van der Waals surface area contributed by atoms with E-state index in [9.17, 15) is 9.59 Å². The average Bonchev–Trinajstić information content (AvgIpc) is 2.77. The Labute approximate surface area is 120 Å². The van der Waals surface area contributed by atoms with Crippen molar-refractivity contribution >= 4 is 33.6 Å². The Kier molecular flexibility index (Phi) is 3.89. The van der Waals surface area contributed by atoms with E-state index in [0.717, 1.165) is 15.6 Å². The van der Waals surface area contributed by atoms with Gasteiger partial charge in [-0.2, -0.15) is 0 Å². The third kappa shape index (κ3) is 2.49. The van der Waals surface area contributed by atoms with E-state index in [4.69, 9.17) is 4.74 Å². The molecule has 1 fully saturated rings. The highest BCUT2D eigenvalue weighted by molar-refractivity contribution is 9.10. The second-order valence-electron chi connectivity index (χ2n) is 4.61. The number of carbonyl (C=O) groups is 2. The summed E-state index contributed by atoms with van der Waals surface area (Å²) in [5.41, 5.74) is 1.98. The van der Waals surface area contributed by atoms with Gasteiger partial charge in [0, 0.05) is 23.6 Å². The molecular weight excluding hydrogens is 312 g/mol. The number of aromatic nitrogens is 1. The van der Waals surface area contributed by atoms with Crippen LogP contribution in [0.15, 0.2) is 10.7 Å². The van der Waals surface area contributed by atoms with Crippen LogP contribution >= 0.6 is 15.9 Å². The lowest BCUT2D eigenvalue weighted by Crippen LogP contribution is -2.28. The molecule has 1 atom stereocenters. The number of pyridine rings is 1. The summed E-state index contributed by atoms with van der Waals surface area (Å²) in [4.78, 5) is 29.4. The Morgan fingerprint density at radius 3 is 2.79 bits per heavy atom. The first kappa shape index (κ1) is 14.0. The molecule has 5 nitrogen and oxygen atoms in total. The summed E-state index contributed by atoms with van der Waals surface area (Å²) >= 11 is 3.41. The van der Waals surface area contributed by atoms with Gasteiger partial charge in [-0.3, -0.25) is 14.5 Å². The van der Waals surface area contributed by atoms with Crippen LogP contribution in [0.3, 0.4) is 0 Å². The number of rotatable bonds is 2. The molecule has 1 aliphatic heterocycles. The second kappa shape index (κ2) is 5.28. The summed E-state index contributed by atoms with van der Waals surface area (Å²) in [6.07, 6.45) is 1.86. The Balaban J connectivity index is 2.31. The third-order valence-corrected chi connectivity index (χ3v) is 4.27. The van der Waals surface area contributed by atoms with Crippen molar-refractivity contribution in [2.45, 2.75) is 20.3 Å². The largest absolute Gasteiger partial charge is 0.469 e. The van der Waals surface area contributed by atoms with E-state index in [0.29, 0.717) is 12.4 Å². The van der Waals surface area contributed by atoms with Crippen LogP contribution < -0.4 is 4.90 Å². The molecule has 0 radical (unpaired) electrons.